The monoisotopic (exact) mass is 344 g/mol. The smallest absolute Gasteiger partial charge is 0.261 e. The second-order valence-corrected chi connectivity index (χ2v) is 6.08. The number of halogens is 3. The maximum absolute atomic E-state index is 13.9. The van der Waals surface area contributed by atoms with E-state index in [-0.39, 0.29) is 11.1 Å². The van der Waals surface area contributed by atoms with E-state index in [1.165, 1.54) is 12.1 Å². The van der Waals surface area contributed by atoms with Gasteiger partial charge in [0.25, 0.3) is 5.56 Å². The number of benzene rings is 2. The molecule has 2 aromatic carbocycles. The molecule has 0 bridgehead atoms. The van der Waals surface area contributed by atoms with Gasteiger partial charge in [-0.2, -0.15) is 0 Å². The Kier molecular flexibility index (Phi) is 3.46. The molecule has 1 aliphatic rings. The van der Waals surface area contributed by atoms with Gasteiger partial charge in [0.05, 0.1) is 10.9 Å². The minimum Gasteiger partial charge on any atom is -0.292 e. The molecular weight excluding hydrogens is 334 g/mol. The first-order valence-corrected chi connectivity index (χ1v) is 7.77. The quantitative estimate of drug-likeness (QED) is 0.660. The molecular formula is C18H11ClF2N2O. The van der Waals surface area contributed by atoms with E-state index in [1.54, 1.807) is 28.8 Å². The Morgan fingerprint density at radius 2 is 2.00 bits per heavy atom. The van der Waals surface area contributed by atoms with Crippen LogP contribution in [0.2, 0.25) is 5.02 Å². The highest BCUT2D eigenvalue weighted by Crippen LogP contribution is 2.28. The molecule has 0 spiro atoms. The number of rotatable bonds is 1. The van der Waals surface area contributed by atoms with Crippen molar-refractivity contribution >= 4 is 34.2 Å². The van der Waals surface area contributed by atoms with Crippen LogP contribution < -0.4 is 5.56 Å². The number of fused-ring (bicyclic) bond motifs is 2. The van der Waals surface area contributed by atoms with Gasteiger partial charge in [-0.25, -0.2) is 13.8 Å². The largest absolute Gasteiger partial charge is 0.292 e. The minimum absolute atomic E-state index is 0.144. The summed E-state index contributed by atoms with van der Waals surface area (Å²) < 4.78 is 28.5. The Morgan fingerprint density at radius 3 is 2.79 bits per heavy atom. The Balaban J connectivity index is 1.91. The molecule has 0 atom stereocenters. The molecule has 0 saturated heterocycles. The zero-order chi connectivity index (χ0) is 16.8. The summed E-state index contributed by atoms with van der Waals surface area (Å²) in [7, 11) is 0. The van der Waals surface area contributed by atoms with Crippen LogP contribution in [0.1, 0.15) is 17.8 Å². The molecule has 120 valence electrons. The van der Waals surface area contributed by atoms with Crippen molar-refractivity contribution in [1.82, 2.24) is 9.55 Å². The Bertz CT molecular complexity index is 1070. The van der Waals surface area contributed by atoms with Crippen molar-refractivity contribution in [3.05, 3.63) is 74.8 Å². The SMILES string of the molecule is O=c1c2ccc(Cl)cc2nc2n1CCC2=Cc1ccc(F)cc1F. The Hall–Kier alpha value is -2.53. The topological polar surface area (TPSA) is 34.9 Å². The highest BCUT2D eigenvalue weighted by Gasteiger charge is 2.21. The van der Waals surface area contributed by atoms with E-state index in [0.717, 1.165) is 11.6 Å². The molecule has 6 heteroatoms. The van der Waals surface area contributed by atoms with Crippen molar-refractivity contribution in [3.63, 3.8) is 0 Å². The molecule has 3 aromatic rings. The third-order valence-electron chi connectivity index (χ3n) is 4.10. The van der Waals surface area contributed by atoms with Gasteiger partial charge in [0.15, 0.2) is 0 Å². The average Bonchev–Trinajstić information content (AvgIpc) is 2.93. The summed E-state index contributed by atoms with van der Waals surface area (Å²) in [5.74, 6) is -0.776. The fourth-order valence-corrected chi connectivity index (χ4v) is 3.10. The molecule has 0 aliphatic carbocycles. The molecule has 24 heavy (non-hydrogen) atoms. The van der Waals surface area contributed by atoms with Gasteiger partial charge in [0, 0.05) is 23.2 Å². The summed E-state index contributed by atoms with van der Waals surface area (Å²) in [6.45, 7) is 0.481. The van der Waals surface area contributed by atoms with Crippen molar-refractivity contribution in [2.24, 2.45) is 0 Å². The summed E-state index contributed by atoms with van der Waals surface area (Å²) in [5.41, 5.74) is 1.36. The summed E-state index contributed by atoms with van der Waals surface area (Å²) >= 11 is 5.98. The van der Waals surface area contributed by atoms with Crippen LogP contribution in [-0.2, 0) is 6.54 Å². The van der Waals surface area contributed by atoms with E-state index < -0.39 is 11.6 Å². The summed E-state index contributed by atoms with van der Waals surface area (Å²) in [6, 6.07) is 8.35. The summed E-state index contributed by atoms with van der Waals surface area (Å²) in [5, 5.41) is 0.991. The number of nitrogens with zero attached hydrogens (tertiary/aromatic N) is 2. The lowest BCUT2D eigenvalue weighted by Crippen LogP contribution is -2.20. The predicted molar refractivity (Wildman–Crippen MR) is 89.9 cm³/mol. The van der Waals surface area contributed by atoms with E-state index in [1.807, 2.05) is 0 Å². The van der Waals surface area contributed by atoms with Gasteiger partial charge < -0.3 is 0 Å². The van der Waals surface area contributed by atoms with Crippen molar-refractivity contribution < 1.29 is 8.78 Å². The fraction of sp³-hybridized carbons (Fsp3) is 0.111. The van der Waals surface area contributed by atoms with Crippen molar-refractivity contribution in [2.75, 3.05) is 0 Å². The first-order chi connectivity index (χ1) is 11.5. The van der Waals surface area contributed by atoms with Crippen molar-refractivity contribution in [1.29, 1.82) is 0 Å². The molecule has 1 aliphatic heterocycles. The molecule has 1 aromatic heterocycles. The standard InChI is InChI=1S/C18H11ClF2N2O/c19-12-2-4-14-16(8-12)22-17-11(5-6-23(17)18(14)24)7-10-1-3-13(20)9-15(10)21/h1-4,7-9H,5-6H2. The van der Waals surface area contributed by atoms with E-state index in [2.05, 4.69) is 4.98 Å². The molecule has 0 fully saturated rings. The molecule has 0 amide bonds. The van der Waals surface area contributed by atoms with Crippen LogP contribution in [0.5, 0.6) is 0 Å². The molecule has 4 rings (SSSR count). The van der Waals surface area contributed by atoms with Crippen LogP contribution in [0, 0.1) is 11.6 Å². The van der Waals surface area contributed by atoms with Crippen LogP contribution in [0.4, 0.5) is 8.78 Å². The first-order valence-electron chi connectivity index (χ1n) is 7.39. The van der Waals surface area contributed by atoms with Gasteiger partial charge in [0.1, 0.15) is 17.5 Å². The molecule has 0 saturated carbocycles. The van der Waals surface area contributed by atoms with Gasteiger partial charge in [-0.1, -0.05) is 11.6 Å². The molecule has 0 unspecified atom stereocenters. The zero-order valence-corrected chi connectivity index (χ0v) is 13.1. The average molecular weight is 345 g/mol. The van der Waals surface area contributed by atoms with Gasteiger partial charge in [-0.05, 0) is 48.4 Å². The van der Waals surface area contributed by atoms with Crippen LogP contribution in [0.25, 0.3) is 22.6 Å². The highest BCUT2D eigenvalue weighted by molar-refractivity contribution is 6.31. The third-order valence-corrected chi connectivity index (χ3v) is 4.34. The highest BCUT2D eigenvalue weighted by atomic mass is 35.5. The first kappa shape index (κ1) is 15.0. The van der Waals surface area contributed by atoms with E-state index in [9.17, 15) is 13.6 Å². The molecule has 3 nitrogen and oxygen atoms in total. The maximum Gasteiger partial charge on any atom is 0.261 e. The maximum atomic E-state index is 13.9. The van der Waals surface area contributed by atoms with Gasteiger partial charge >= 0.3 is 0 Å². The van der Waals surface area contributed by atoms with Crippen LogP contribution >= 0.6 is 11.6 Å². The lowest BCUT2D eigenvalue weighted by atomic mass is 10.1. The second-order valence-electron chi connectivity index (χ2n) is 5.64. The van der Waals surface area contributed by atoms with E-state index in [4.69, 9.17) is 11.6 Å². The Morgan fingerprint density at radius 1 is 1.17 bits per heavy atom. The minimum atomic E-state index is -0.646. The van der Waals surface area contributed by atoms with E-state index >= 15 is 0 Å². The molecule has 2 heterocycles. The van der Waals surface area contributed by atoms with Gasteiger partial charge in [-0.15, -0.1) is 0 Å². The number of aromatic nitrogens is 2. The predicted octanol–water partition coefficient (Wildman–Crippen LogP) is 4.27. The fourth-order valence-electron chi connectivity index (χ4n) is 2.93. The van der Waals surface area contributed by atoms with Crippen molar-refractivity contribution in [2.45, 2.75) is 13.0 Å². The van der Waals surface area contributed by atoms with E-state index in [0.29, 0.717) is 34.7 Å². The van der Waals surface area contributed by atoms with Crippen LogP contribution in [-0.4, -0.2) is 9.55 Å². The number of hydrogen-bond donors (Lipinski definition) is 0. The summed E-state index contributed by atoms with van der Waals surface area (Å²) in [4.78, 5) is 17.1. The number of allylic oxidation sites excluding steroid dienone is 1. The summed E-state index contributed by atoms with van der Waals surface area (Å²) in [6.07, 6.45) is 2.17. The second kappa shape index (κ2) is 5.53. The van der Waals surface area contributed by atoms with Crippen LogP contribution in [0.15, 0.2) is 41.2 Å². The lowest BCUT2D eigenvalue weighted by molar-refractivity contribution is 0.581. The van der Waals surface area contributed by atoms with Crippen LogP contribution in [0.3, 0.4) is 0 Å². The van der Waals surface area contributed by atoms with Gasteiger partial charge in [-0.3, -0.25) is 9.36 Å². The third kappa shape index (κ3) is 2.41. The van der Waals surface area contributed by atoms with Crippen molar-refractivity contribution in [3.8, 4) is 0 Å². The lowest BCUT2D eigenvalue weighted by Gasteiger charge is -2.06. The zero-order valence-electron chi connectivity index (χ0n) is 12.4. The molecule has 0 radical (unpaired) electrons. The number of hydrogen-bond acceptors (Lipinski definition) is 2. The molecule has 0 N–H and O–H groups in total. The normalized spacial score (nSPS) is 15.2. The Labute approximate surface area is 140 Å². The van der Waals surface area contributed by atoms with Gasteiger partial charge in [0.2, 0.25) is 0 Å².